The largest absolute Gasteiger partial charge is 0.454 e. The van der Waals surface area contributed by atoms with E-state index in [-0.39, 0.29) is 0 Å². The molecule has 0 saturated carbocycles. The smallest absolute Gasteiger partial charge is 0.160 e. The molecule has 0 N–H and O–H groups in total. The number of furan rings is 1. The number of pyridine rings is 1. The normalized spacial score (nSPS) is 12.2. The Bertz CT molecular complexity index is 2740. The number of aromatic nitrogens is 2. The number of para-hydroxylation sites is 3. The van der Waals surface area contributed by atoms with Crippen molar-refractivity contribution in [2.45, 2.75) is 0 Å². The van der Waals surface area contributed by atoms with Gasteiger partial charge >= 0.3 is 0 Å². The summed E-state index contributed by atoms with van der Waals surface area (Å²) >= 11 is 1.77. The van der Waals surface area contributed by atoms with Crippen LogP contribution in [0.1, 0.15) is 0 Å². The summed E-state index contributed by atoms with van der Waals surface area (Å²) in [6.07, 6.45) is 0. The molecule has 0 unspecified atom stereocenters. The average molecular weight is 567 g/mol. The highest BCUT2D eigenvalue weighted by atomic mass is 32.1. The molecule has 0 bridgehead atoms. The molecule has 4 heteroatoms. The topological polar surface area (TPSA) is 31.0 Å². The van der Waals surface area contributed by atoms with Gasteiger partial charge in [-0.25, -0.2) is 4.98 Å². The van der Waals surface area contributed by atoms with Crippen LogP contribution in [0.15, 0.2) is 138 Å². The van der Waals surface area contributed by atoms with Gasteiger partial charge in [-0.3, -0.25) is 0 Å². The van der Waals surface area contributed by atoms with Crippen LogP contribution in [0.2, 0.25) is 0 Å². The third-order valence-corrected chi connectivity index (χ3v) is 9.86. The van der Waals surface area contributed by atoms with Gasteiger partial charge in [-0.15, -0.1) is 11.3 Å². The van der Waals surface area contributed by atoms with Gasteiger partial charge in [0, 0.05) is 53.7 Å². The lowest BCUT2D eigenvalue weighted by atomic mass is 9.96. The number of hydrogen-bond donors (Lipinski definition) is 0. The number of rotatable bonds is 2. The van der Waals surface area contributed by atoms with Crippen LogP contribution in [-0.2, 0) is 0 Å². The first-order valence-corrected chi connectivity index (χ1v) is 15.3. The van der Waals surface area contributed by atoms with Gasteiger partial charge in [0.2, 0.25) is 0 Å². The Morgan fingerprint density at radius 1 is 0.581 bits per heavy atom. The molecular weight excluding hydrogens is 545 g/mol. The van der Waals surface area contributed by atoms with Gasteiger partial charge in [0.15, 0.2) is 5.58 Å². The maximum atomic E-state index is 6.60. The quantitative estimate of drug-likeness (QED) is 0.208. The van der Waals surface area contributed by atoms with E-state index in [0.717, 1.165) is 54.4 Å². The predicted octanol–water partition coefficient (Wildman–Crippen LogP) is 11.3. The lowest BCUT2D eigenvalue weighted by Crippen LogP contribution is -1.95. The van der Waals surface area contributed by atoms with Crippen molar-refractivity contribution in [2.24, 2.45) is 0 Å². The molecule has 6 aromatic carbocycles. The van der Waals surface area contributed by atoms with Crippen LogP contribution >= 0.6 is 11.3 Å². The number of fused-ring (bicyclic) bond motifs is 11. The van der Waals surface area contributed by atoms with Crippen LogP contribution in [0.5, 0.6) is 0 Å². The fourth-order valence-electron chi connectivity index (χ4n) is 6.98. The molecule has 4 heterocycles. The summed E-state index contributed by atoms with van der Waals surface area (Å²) < 4.78 is 10.2. The molecule has 0 aliphatic rings. The summed E-state index contributed by atoms with van der Waals surface area (Å²) in [6.45, 7) is 0. The molecule has 0 atom stereocenters. The predicted molar refractivity (Wildman–Crippen MR) is 182 cm³/mol. The van der Waals surface area contributed by atoms with E-state index in [1.165, 1.54) is 37.4 Å². The molecular formula is C39H22N2OS. The van der Waals surface area contributed by atoms with Crippen molar-refractivity contribution in [3.05, 3.63) is 133 Å². The van der Waals surface area contributed by atoms with E-state index < -0.39 is 0 Å². The van der Waals surface area contributed by atoms with Crippen molar-refractivity contribution >= 4 is 86.3 Å². The van der Waals surface area contributed by atoms with Gasteiger partial charge in [-0.2, -0.15) is 0 Å². The fraction of sp³-hybridized carbons (Fsp3) is 0. The summed E-state index contributed by atoms with van der Waals surface area (Å²) in [5.41, 5.74) is 8.60. The second-order valence-corrected chi connectivity index (χ2v) is 12.2. The van der Waals surface area contributed by atoms with Gasteiger partial charge in [0.1, 0.15) is 10.4 Å². The first-order chi connectivity index (χ1) is 21.3. The molecule has 0 radical (unpaired) electrons. The Hall–Kier alpha value is -5.45. The molecule has 0 amide bonds. The highest BCUT2D eigenvalue weighted by Gasteiger charge is 2.20. The molecule has 0 spiro atoms. The zero-order chi connectivity index (χ0) is 28.1. The van der Waals surface area contributed by atoms with Crippen LogP contribution in [0, 0.1) is 0 Å². The second-order valence-electron chi connectivity index (χ2n) is 11.1. The number of benzene rings is 6. The van der Waals surface area contributed by atoms with Crippen molar-refractivity contribution < 1.29 is 4.42 Å². The van der Waals surface area contributed by atoms with E-state index in [4.69, 9.17) is 9.40 Å². The average Bonchev–Trinajstić information content (AvgIpc) is 3.73. The van der Waals surface area contributed by atoms with Gasteiger partial charge in [0.25, 0.3) is 0 Å². The molecule has 10 rings (SSSR count). The molecule has 4 aromatic heterocycles. The van der Waals surface area contributed by atoms with Crippen molar-refractivity contribution in [2.75, 3.05) is 0 Å². The third-order valence-electron chi connectivity index (χ3n) is 8.79. The molecule has 0 fully saturated rings. The Balaban J connectivity index is 1.34. The minimum atomic E-state index is 0.908. The first-order valence-electron chi connectivity index (χ1n) is 14.5. The van der Waals surface area contributed by atoms with E-state index in [0.29, 0.717) is 0 Å². The number of thiophene rings is 1. The molecule has 0 saturated heterocycles. The SMILES string of the molecule is c1cc(-c2c3ccccc3nc3sc4ccccc4c23)cc(-n2c3ccccc3c3ccc4c5ccccc5oc4c32)c1. The first kappa shape index (κ1) is 23.1. The zero-order valence-corrected chi connectivity index (χ0v) is 23.7. The highest BCUT2D eigenvalue weighted by Crippen LogP contribution is 2.44. The molecule has 200 valence electrons. The Labute approximate surface area is 249 Å². The second kappa shape index (κ2) is 8.54. The van der Waals surface area contributed by atoms with Gasteiger partial charge in [-0.1, -0.05) is 91.0 Å². The summed E-state index contributed by atoms with van der Waals surface area (Å²) in [7, 11) is 0. The summed E-state index contributed by atoms with van der Waals surface area (Å²) in [6, 6.07) is 47.6. The lowest BCUT2D eigenvalue weighted by molar-refractivity contribution is 0.671. The zero-order valence-electron chi connectivity index (χ0n) is 22.9. The summed E-state index contributed by atoms with van der Waals surface area (Å²) in [5.74, 6) is 0. The highest BCUT2D eigenvalue weighted by molar-refractivity contribution is 7.25. The van der Waals surface area contributed by atoms with Crippen LogP contribution in [0.3, 0.4) is 0 Å². The summed E-state index contributed by atoms with van der Waals surface area (Å²) in [5, 5.41) is 8.31. The van der Waals surface area contributed by atoms with Crippen molar-refractivity contribution in [1.82, 2.24) is 9.55 Å². The van der Waals surface area contributed by atoms with E-state index in [9.17, 15) is 0 Å². The number of hydrogen-bond acceptors (Lipinski definition) is 3. The van der Waals surface area contributed by atoms with E-state index in [1.807, 2.05) is 6.07 Å². The Kier molecular flexibility index (Phi) is 4.60. The van der Waals surface area contributed by atoms with Crippen LogP contribution in [0.4, 0.5) is 0 Å². The van der Waals surface area contributed by atoms with Crippen molar-refractivity contribution in [3.8, 4) is 16.8 Å². The maximum absolute atomic E-state index is 6.60. The fourth-order valence-corrected chi connectivity index (χ4v) is 8.07. The van der Waals surface area contributed by atoms with E-state index in [1.54, 1.807) is 11.3 Å². The van der Waals surface area contributed by atoms with Crippen LogP contribution in [0.25, 0.3) is 91.8 Å². The number of nitrogens with zero attached hydrogens (tertiary/aromatic N) is 2. The van der Waals surface area contributed by atoms with Crippen LogP contribution in [-0.4, -0.2) is 9.55 Å². The van der Waals surface area contributed by atoms with Crippen molar-refractivity contribution in [1.29, 1.82) is 0 Å². The molecule has 0 aliphatic heterocycles. The van der Waals surface area contributed by atoms with Gasteiger partial charge in [-0.05, 0) is 48.0 Å². The standard InChI is InChI=1S/C39H22N2OS/c1-5-16-31-29(14-1)35(36-30-15-4-8-19-34(30)43-39(36)40-31)23-10-9-11-24(22-23)41-32-17-6-2-12-25(32)27-20-21-28-26-13-3-7-18-33(26)42-38(28)37(27)41/h1-22H. The Morgan fingerprint density at radius 2 is 1.33 bits per heavy atom. The van der Waals surface area contributed by atoms with E-state index >= 15 is 0 Å². The van der Waals surface area contributed by atoms with Gasteiger partial charge in [0.05, 0.1) is 16.6 Å². The van der Waals surface area contributed by atoms with Crippen molar-refractivity contribution in [3.63, 3.8) is 0 Å². The third kappa shape index (κ3) is 3.16. The minimum absolute atomic E-state index is 0.908. The van der Waals surface area contributed by atoms with E-state index in [2.05, 4.69) is 132 Å². The maximum Gasteiger partial charge on any atom is 0.160 e. The van der Waals surface area contributed by atoms with Gasteiger partial charge < -0.3 is 8.98 Å². The van der Waals surface area contributed by atoms with Crippen LogP contribution < -0.4 is 0 Å². The molecule has 3 nitrogen and oxygen atoms in total. The Morgan fingerprint density at radius 3 is 2.26 bits per heavy atom. The molecule has 43 heavy (non-hydrogen) atoms. The summed E-state index contributed by atoms with van der Waals surface area (Å²) in [4.78, 5) is 6.18. The monoisotopic (exact) mass is 566 g/mol. The molecule has 0 aliphatic carbocycles. The molecule has 10 aromatic rings. The minimum Gasteiger partial charge on any atom is -0.454 e. The lowest BCUT2D eigenvalue weighted by Gasteiger charge is -2.13.